The van der Waals surface area contributed by atoms with Crippen molar-refractivity contribution >= 4 is 17.4 Å². The van der Waals surface area contributed by atoms with Crippen LogP contribution in [0.3, 0.4) is 0 Å². The van der Waals surface area contributed by atoms with Crippen molar-refractivity contribution in [3.05, 3.63) is 113 Å². The lowest BCUT2D eigenvalue weighted by atomic mass is 9.97. The van der Waals surface area contributed by atoms with E-state index in [1.165, 1.54) is 11.1 Å². The van der Waals surface area contributed by atoms with E-state index in [1.54, 1.807) is 6.08 Å². The molecule has 3 heteroatoms. The second-order valence-corrected chi connectivity index (χ2v) is 7.78. The van der Waals surface area contributed by atoms with Gasteiger partial charge in [-0.05, 0) is 49.8 Å². The molecule has 31 heavy (non-hydrogen) atoms. The van der Waals surface area contributed by atoms with Gasteiger partial charge in [0.25, 0.3) is 0 Å². The van der Waals surface area contributed by atoms with Crippen molar-refractivity contribution < 1.29 is 9.53 Å². The molecule has 0 amide bonds. The number of hydrogen-bond donors (Lipinski definition) is 0. The van der Waals surface area contributed by atoms with Gasteiger partial charge in [0.05, 0.1) is 18.0 Å². The highest BCUT2D eigenvalue weighted by Gasteiger charge is 2.22. The number of allylic oxidation sites excluding steroid dienone is 1. The van der Waals surface area contributed by atoms with Crippen LogP contribution in [0.2, 0.25) is 0 Å². The molecule has 0 N–H and O–H groups in total. The fraction of sp³-hybridized carbons (Fsp3) is 0.214. The lowest BCUT2D eigenvalue weighted by molar-refractivity contribution is -0.137. The lowest BCUT2D eigenvalue weighted by Crippen LogP contribution is -2.02. The van der Waals surface area contributed by atoms with Crippen LogP contribution in [0.4, 0.5) is 5.69 Å². The van der Waals surface area contributed by atoms with E-state index in [-0.39, 0.29) is 5.97 Å². The normalized spacial score (nSPS) is 16.8. The SMILES string of the molecule is CCOC(=O)C=C1CC[C@@H](c2ccc(N=C(c3ccccc3)c3ccccc3)cc2)C1. The maximum atomic E-state index is 11.7. The maximum absolute atomic E-state index is 11.7. The Morgan fingerprint density at radius 2 is 1.55 bits per heavy atom. The molecule has 3 nitrogen and oxygen atoms in total. The molecule has 0 spiro atoms. The second kappa shape index (κ2) is 10.0. The molecule has 1 atom stereocenters. The first-order valence-electron chi connectivity index (χ1n) is 10.9. The van der Waals surface area contributed by atoms with E-state index in [2.05, 4.69) is 48.5 Å². The highest BCUT2D eigenvalue weighted by Crippen LogP contribution is 2.38. The van der Waals surface area contributed by atoms with E-state index >= 15 is 0 Å². The van der Waals surface area contributed by atoms with Crippen LogP contribution in [0.1, 0.15) is 48.8 Å². The Morgan fingerprint density at radius 3 is 2.13 bits per heavy atom. The maximum Gasteiger partial charge on any atom is 0.330 e. The van der Waals surface area contributed by atoms with Gasteiger partial charge in [0.2, 0.25) is 0 Å². The number of aliphatic imine (C=N–C) groups is 1. The Kier molecular flexibility index (Phi) is 6.73. The summed E-state index contributed by atoms with van der Waals surface area (Å²) in [4.78, 5) is 16.7. The van der Waals surface area contributed by atoms with E-state index in [0.29, 0.717) is 12.5 Å². The summed E-state index contributed by atoms with van der Waals surface area (Å²) in [5.41, 5.74) is 6.58. The molecule has 4 rings (SSSR count). The second-order valence-electron chi connectivity index (χ2n) is 7.78. The van der Waals surface area contributed by atoms with Crippen molar-refractivity contribution in [3.63, 3.8) is 0 Å². The fourth-order valence-electron chi connectivity index (χ4n) is 4.08. The molecular weight excluding hydrogens is 382 g/mol. The van der Waals surface area contributed by atoms with Crippen LogP contribution in [0, 0.1) is 0 Å². The van der Waals surface area contributed by atoms with Gasteiger partial charge in [-0.25, -0.2) is 9.79 Å². The van der Waals surface area contributed by atoms with Gasteiger partial charge in [-0.2, -0.15) is 0 Å². The first-order valence-corrected chi connectivity index (χ1v) is 10.9. The minimum atomic E-state index is -0.225. The molecule has 3 aromatic rings. The molecule has 0 aliphatic heterocycles. The quantitative estimate of drug-likeness (QED) is 0.261. The summed E-state index contributed by atoms with van der Waals surface area (Å²) in [5.74, 6) is 0.221. The van der Waals surface area contributed by atoms with Gasteiger partial charge in [-0.15, -0.1) is 0 Å². The molecule has 156 valence electrons. The number of esters is 1. The monoisotopic (exact) mass is 409 g/mol. The first kappa shape index (κ1) is 20.8. The van der Waals surface area contributed by atoms with Crippen LogP contribution in [-0.4, -0.2) is 18.3 Å². The molecule has 0 aromatic heterocycles. The van der Waals surface area contributed by atoms with Gasteiger partial charge in [-0.3, -0.25) is 0 Å². The molecule has 3 aromatic carbocycles. The lowest BCUT2D eigenvalue weighted by Gasteiger charge is -2.11. The Balaban J connectivity index is 1.54. The highest BCUT2D eigenvalue weighted by atomic mass is 16.5. The molecule has 0 radical (unpaired) electrons. The number of benzene rings is 3. The zero-order valence-electron chi connectivity index (χ0n) is 17.8. The molecule has 1 fully saturated rings. The summed E-state index contributed by atoms with van der Waals surface area (Å²) in [5, 5.41) is 0. The van der Waals surface area contributed by atoms with Gasteiger partial charge in [0, 0.05) is 17.2 Å². The fourth-order valence-corrected chi connectivity index (χ4v) is 4.08. The predicted octanol–water partition coefficient (Wildman–Crippen LogP) is 6.61. The number of ether oxygens (including phenoxy) is 1. The third-order valence-corrected chi connectivity index (χ3v) is 5.63. The molecular formula is C28H27NO2. The van der Waals surface area contributed by atoms with Gasteiger partial charge in [0.15, 0.2) is 0 Å². The van der Waals surface area contributed by atoms with Crippen LogP contribution < -0.4 is 0 Å². The van der Waals surface area contributed by atoms with E-state index in [0.717, 1.165) is 41.8 Å². The Labute approximate surface area is 184 Å². The molecule has 0 bridgehead atoms. The van der Waals surface area contributed by atoms with Crippen molar-refractivity contribution in [1.29, 1.82) is 0 Å². The van der Waals surface area contributed by atoms with E-state index in [4.69, 9.17) is 9.73 Å². The van der Waals surface area contributed by atoms with Crippen LogP contribution in [0.25, 0.3) is 0 Å². The molecule has 0 heterocycles. The van der Waals surface area contributed by atoms with Gasteiger partial charge >= 0.3 is 5.97 Å². The third kappa shape index (κ3) is 5.37. The van der Waals surface area contributed by atoms with Crippen LogP contribution in [0.5, 0.6) is 0 Å². The first-order chi connectivity index (χ1) is 15.2. The van der Waals surface area contributed by atoms with Crippen molar-refractivity contribution in [2.24, 2.45) is 4.99 Å². The van der Waals surface area contributed by atoms with Gasteiger partial charge in [-0.1, -0.05) is 78.4 Å². The summed E-state index contributed by atoms with van der Waals surface area (Å²) in [7, 11) is 0. The Morgan fingerprint density at radius 1 is 0.935 bits per heavy atom. The zero-order valence-corrected chi connectivity index (χ0v) is 17.8. The zero-order chi connectivity index (χ0) is 21.5. The number of rotatable bonds is 6. The Bertz CT molecular complexity index is 1030. The number of carbonyl (C=O) groups is 1. The smallest absolute Gasteiger partial charge is 0.330 e. The average Bonchev–Trinajstić information content (AvgIpc) is 3.27. The van der Waals surface area contributed by atoms with Crippen LogP contribution in [-0.2, 0) is 9.53 Å². The topological polar surface area (TPSA) is 38.7 Å². The van der Waals surface area contributed by atoms with E-state index in [9.17, 15) is 4.79 Å². The largest absolute Gasteiger partial charge is 0.463 e. The van der Waals surface area contributed by atoms with Gasteiger partial charge in [0.1, 0.15) is 0 Å². The average molecular weight is 410 g/mol. The van der Waals surface area contributed by atoms with Crippen molar-refractivity contribution in [2.45, 2.75) is 32.1 Å². The summed E-state index contributed by atoms with van der Waals surface area (Å²) in [6.45, 7) is 2.25. The molecule has 1 saturated carbocycles. The molecule has 0 saturated heterocycles. The standard InChI is InChI=1S/C28H27NO2/c1-2-31-27(30)20-21-13-14-25(19-21)22-15-17-26(18-16-22)29-28(23-9-5-3-6-10-23)24-11-7-4-8-12-24/h3-12,15-18,20,25H,2,13-14,19H2,1H3/t25-/m1/s1. The minimum absolute atomic E-state index is 0.225. The van der Waals surface area contributed by atoms with Crippen molar-refractivity contribution in [1.82, 2.24) is 0 Å². The van der Waals surface area contributed by atoms with Crippen molar-refractivity contribution in [2.75, 3.05) is 6.61 Å². The molecule has 0 unspecified atom stereocenters. The number of nitrogens with zero attached hydrogens (tertiary/aromatic N) is 1. The summed E-state index contributed by atoms with van der Waals surface area (Å²) < 4.78 is 5.04. The summed E-state index contributed by atoms with van der Waals surface area (Å²) in [6, 6.07) is 29.1. The Hall–Kier alpha value is -3.46. The predicted molar refractivity (Wildman–Crippen MR) is 126 cm³/mol. The van der Waals surface area contributed by atoms with Gasteiger partial charge < -0.3 is 4.74 Å². The minimum Gasteiger partial charge on any atom is -0.463 e. The van der Waals surface area contributed by atoms with Crippen molar-refractivity contribution in [3.8, 4) is 0 Å². The van der Waals surface area contributed by atoms with E-state index in [1.807, 2.05) is 43.3 Å². The van der Waals surface area contributed by atoms with E-state index < -0.39 is 0 Å². The summed E-state index contributed by atoms with van der Waals surface area (Å²) in [6.07, 6.45) is 4.61. The third-order valence-electron chi connectivity index (χ3n) is 5.63. The molecule has 1 aliphatic rings. The number of carbonyl (C=O) groups excluding carboxylic acids is 1. The van der Waals surface area contributed by atoms with Crippen LogP contribution in [0.15, 0.2) is 102 Å². The van der Waals surface area contributed by atoms with Crippen LogP contribution >= 0.6 is 0 Å². The highest BCUT2D eigenvalue weighted by molar-refractivity contribution is 6.13. The number of hydrogen-bond acceptors (Lipinski definition) is 3. The molecule has 1 aliphatic carbocycles. The summed E-state index contributed by atoms with van der Waals surface area (Å²) >= 11 is 0.